The van der Waals surface area contributed by atoms with Crippen molar-refractivity contribution >= 4 is 27.5 Å². The van der Waals surface area contributed by atoms with E-state index in [4.69, 9.17) is 0 Å². The van der Waals surface area contributed by atoms with Crippen molar-refractivity contribution in [2.75, 3.05) is 0 Å². The van der Waals surface area contributed by atoms with Gasteiger partial charge in [0.2, 0.25) is 0 Å². The third-order valence-electron chi connectivity index (χ3n) is 7.89. The van der Waals surface area contributed by atoms with E-state index in [2.05, 4.69) is 35.9 Å². The molecule has 0 spiro atoms. The maximum absolute atomic E-state index is 12.2. The second kappa shape index (κ2) is 5.39. The van der Waals surface area contributed by atoms with E-state index in [-0.39, 0.29) is 22.5 Å². The molecule has 1 unspecified atom stereocenters. The Bertz CT molecular complexity index is 719. The van der Waals surface area contributed by atoms with E-state index in [0.717, 1.165) is 32.1 Å². The van der Waals surface area contributed by atoms with Gasteiger partial charge in [-0.3, -0.25) is 9.59 Å². The SMILES string of the molecule is CC(=O)[C@H]1CC[C@H]2[C@@H]3CCC4=CC(=O)C(O)(Br)C[C@]4(C)C3=CC[C@]12C. The van der Waals surface area contributed by atoms with E-state index in [1.165, 1.54) is 11.1 Å². The number of rotatable bonds is 1. The molecule has 6 atom stereocenters. The molecule has 0 heterocycles. The van der Waals surface area contributed by atoms with Crippen molar-refractivity contribution in [2.45, 2.75) is 63.8 Å². The summed E-state index contributed by atoms with van der Waals surface area (Å²) in [5.41, 5.74) is 2.41. The number of fused-ring (bicyclic) bond motifs is 5. The Hall–Kier alpha value is -0.740. The van der Waals surface area contributed by atoms with Crippen LogP contribution in [-0.4, -0.2) is 21.2 Å². The lowest BCUT2D eigenvalue weighted by Crippen LogP contribution is -2.49. The number of Topliss-reactive ketones (excluding diaryl/α,β-unsaturated/α-hetero) is 1. The Morgan fingerprint density at radius 2 is 2.00 bits per heavy atom. The number of alkyl halides is 1. The minimum atomic E-state index is -1.45. The molecule has 25 heavy (non-hydrogen) atoms. The molecule has 0 aliphatic heterocycles. The van der Waals surface area contributed by atoms with Gasteiger partial charge < -0.3 is 5.11 Å². The van der Waals surface area contributed by atoms with Crippen LogP contribution in [0.4, 0.5) is 0 Å². The zero-order chi connectivity index (χ0) is 18.2. The molecular weight excluding hydrogens is 380 g/mol. The lowest BCUT2D eigenvalue weighted by Gasteiger charge is -2.54. The van der Waals surface area contributed by atoms with Gasteiger partial charge in [-0.05, 0) is 78.3 Å². The molecule has 3 nitrogen and oxygen atoms in total. The quantitative estimate of drug-likeness (QED) is 0.520. The molecule has 0 aromatic rings. The fourth-order valence-corrected chi connectivity index (χ4v) is 7.29. The van der Waals surface area contributed by atoms with Crippen LogP contribution in [0.15, 0.2) is 23.3 Å². The molecule has 0 saturated heterocycles. The summed E-state index contributed by atoms with van der Waals surface area (Å²) in [6, 6.07) is 0. The third-order valence-corrected chi connectivity index (χ3v) is 8.56. The van der Waals surface area contributed by atoms with E-state index >= 15 is 0 Å². The number of allylic oxidation sites excluding steroid dienone is 3. The van der Waals surface area contributed by atoms with Crippen molar-refractivity contribution in [3.63, 3.8) is 0 Å². The summed E-state index contributed by atoms with van der Waals surface area (Å²) in [6.45, 7) is 6.25. The molecule has 0 aromatic carbocycles. The van der Waals surface area contributed by atoms with E-state index in [0.29, 0.717) is 24.0 Å². The van der Waals surface area contributed by atoms with Gasteiger partial charge in [-0.2, -0.15) is 0 Å². The Morgan fingerprint density at radius 1 is 1.28 bits per heavy atom. The molecule has 1 N–H and O–H groups in total. The number of hydrogen-bond acceptors (Lipinski definition) is 3. The molecule has 4 aliphatic rings. The van der Waals surface area contributed by atoms with Crippen LogP contribution in [0.5, 0.6) is 0 Å². The van der Waals surface area contributed by atoms with Crippen molar-refractivity contribution < 1.29 is 14.7 Å². The molecule has 136 valence electrons. The maximum Gasteiger partial charge on any atom is 0.198 e. The smallest absolute Gasteiger partial charge is 0.198 e. The van der Waals surface area contributed by atoms with Crippen molar-refractivity contribution in [3.05, 3.63) is 23.3 Å². The predicted octanol–water partition coefficient (Wildman–Crippen LogP) is 4.34. The van der Waals surface area contributed by atoms with Crippen LogP contribution < -0.4 is 0 Å². The summed E-state index contributed by atoms with van der Waals surface area (Å²) in [7, 11) is 0. The molecule has 0 amide bonds. The van der Waals surface area contributed by atoms with Gasteiger partial charge in [0.1, 0.15) is 5.78 Å². The summed E-state index contributed by atoms with van der Waals surface area (Å²) in [4.78, 5) is 24.4. The average Bonchev–Trinajstić information content (AvgIpc) is 2.86. The maximum atomic E-state index is 12.2. The van der Waals surface area contributed by atoms with Gasteiger partial charge in [0.05, 0.1) is 0 Å². The Kier molecular flexibility index (Phi) is 3.81. The van der Waals surface area contributed by atoms with Gasteiger partial charge in [-0.1, -0.05) is 31.1 Å². The molecule has 4 rings (SSSR count). The molecule has 0 radical (unpaired) electrons. The van der Waals surface area contributed by atoms with Gasteiger partial charge >= 0.3 is 0 Å². The molecule has 2 fully saturated rings. The van der Waals surface area contributed by atoms with Crippen LogP contribution >= 0.6 is 15.9 Å². The van der Waals surface area contributed by atoms with E-state index in [1.54, 1.807) is 13.0 Å². The van der Waals surface area contributed by atoms with Crippen LogP contribution in [0.25, 0.3) is 0 Å². The van der Waals surface area contributed by atoms with Gasteiger partial charge in [-0.25, -0.2) is 0 Å². The minimum Gasteiger partial charge on any atom is -0.372 e. The Labute approximate surface area is 158 Å². The molecule has 2 saturated carbocycles. The second-order valence-corrected chi connectivity index (χ2v) is 10.5. The van der Waals surface area contributed by atoms with Gasteiger partial charge in [0.25, 0.3) is 0 Å². The predicted molar refractivity (Wildman–Crippen MR) is 100 cm³/mol. The van der Waals surface area contributed by atoms with E-state index < -0.39 is 4.51 Å². The standard InChI is InChI=1S/C21H27BrO3/c1-12(23)15-6-7-16-14-5-4-13-10-18(24)21(22,25)11-20(13,3)17(14)8-9-19(15,16)2/h8,10,14-16,25H,4-7,9,11H2,1-3H3/t14-,15+,16-,19+,20-,21?/m0/s1. The number of halogens is 1. The Balaban J connectivity index is 1.77. The van der Waals surface area contributed by atoms with Crippen molar-refractivity contribution in [2.24, 2.45) is 28.6 Å². The second-order valence-electron chi connectivity index (χ2n) is 9.16. The third kappa shape index (κ3) is 2.32. The Morgan fingerprint density at radius 3 is 2.68 bits per heavy atom. The molecule has 0 bridgehead atoms. The first-order valence-corrected chi connectivity index (χ1v) is 10.3. The number of carbonyl (C=O) groups is 2. The minimum absolute atomic E-state index is 0.0762. The zero-order valence-electron chi connectivity index (χ0n) is 15.3. The molecular formula is C21H27BrO3. The first-order chi connectivity index (χ1) is 11.6. The number of ketones is 2. The normalized spacial score (nSPS) is 48.8. The van der Waals surface area contributed by atoms with E-state index in [9.17, 15) is 14.7 Å². The number of carbonyl (C=O) groups excluding carboxylic acids is 2. The fourth-order valence-electron chi connectivity index (χ4n) is 6.62. The highest BCUT2D eigenvalue weighted by atomic mass is 79.9. The molecule has 4 aliphatic carbocycles. The summed E-state index contributed by atoms with van der Waals surface area (Å²) in [5.74, 6) is 1.31. The van der Waals surface area contributed by atoms with Crippen LogP contribution in [0.2, 0.25) is 0 Å². The topological polar surface area (TPSA) is 54.4 Å². The molecule has 0 aromatic heterocycles. The van der Waals surface area contributed by atoms with Gasteiger partial charge in [-0.15, -0.1) is 0 Å². The summed E-state index contributed by atoms with van der Waals surface area (Å²) >= 11 is 3.26. The highest BCUT2D eigenvalue weighted by molar-refractivity contribution is 9.10. The lowest BCUT2D eigenvalue weighted by molar-refractivity contribution is -0.127. The number of aliphatic hydroxyl groups is 1. The molecule has 4 heteroatoms. The van der Waals surface area contributed by atoms with Crippen LogP contribution in [0.1, 0.15) is 59.3 Å². The van der Waals surface area contributed by atoms with Crippen molar-refractivity contribution in [3.8, 4) is 0 Å². The first kappa shape index (κ1) is 17.7. The van der Waals surface area contributed by atoms with Crippen LogP contribution in [0.3, 0.4) is 0 Å². The summed E-state index contributed by atoms with van der Waals surface area (Å²) < 4.78 is -1.45. The zero-order valence-corrected chi connectivity index (χ0v) is 16.9. The van der Waals surface area contributed by atoms with Gasteiger partial charge in [0, 0.05) is 17.8 Å². The monoisotopic (exact) mass is 406 g/mol. The van der Waals surface area contributed by atoms with E-state index in [1.807, 2.05) is 0 Å². The van der Waals surface area contributed by atoms with Crippen molar-refractivity contribution in [1.29, 1.82) is 0 Å². The first-order valence-electron chi connectivity index (χ1n) is 9.47. The summed E-state index contributed by atoms with van der Waals surface area (Å²) in [6.07, 6.45) is 9.49. The highest BCUT2D eigenvalue weighted by Crippen LogP contribution is 2.65. The fraction of sp³-hybridized carbons (Fsp3) is 0.714. The lowest BCUT2D eigenvalue weighted by atomic mass is 9.51. The average molecular weight is 407 g/mol. The largest absolute Gasteiger partial charge is 0.372 e. The van der Waals surface area contributed by atoms with Crippen LogP contribution in [0, 0.1) is 28.6 Å². The summed E-state index contributed by atoms with van der Waals surface area (Å²) in [5, 5.41) is 10.5. The van der Waals surface area contributed by atoms with Gasteiger partial charge in [0.15, 0.2) is 10.3 Å². The van der Waals surface area contributed by atoms with Crippen molar-refractivity contribution in [1.82, 2.24) is 0 Å². The van der Waals surface area contributed by atoms with Crippen LogP contribution in [-0.2, 0) is 9.59 Å². The number of hydrogen-bond donors (Lipinski definition) is 1. The highest BCUT2D eigenvalue weighted by Gasteiger charge is 2.58.